The number of carbonyl (C=O) groups excluding carboxylic acids is 1. The minimum atomic E-state index is -0.863. The molecule has 0 aliphatic carbocycles. The third kappa shape index (κ3) is 7.91. The van der Waals surface area contributed by atoms with E-state index < -0.39 is 18.1 Å². The van der Waals surface area contributed by atoms with Crippen molar-refractivity contribution in [1.29, 1.82) is 0 Å². The molecule has 1 aromatic heterocycles. The number of nitrogens with one attached hydrogen (secondary N) is 1. The zero-order valence-electron chi connectivity index (χ0n) is 22.8. The molecule has 1 fully saturated rings. The molecule has 0 spiro atoms. The van der Waals surface area contributed by atoms with Crippen molar-refractivity contribution in [3.63, 3.8) is 0 Å². The maximum atomic E-state index is 12.7. The Morgan fingerprint density at radius 2 is 1.82 bits per heavy atom. The number of carboxylic acids is 1. The lowest BCUT2D eigenvalue weighted by atomic mass is 9.86. The molecule has 2 N–H and O–H groups in total. The van der Waals surface area contributed by atoms with Crippen LogP contribution in [-0.4, -0.2) is 59.4 Å². The third-order valence-corrected chi connectivity index (χ3v) is 6.68. The molecular weight excluding hydrogens is 515 g/mol. The number of piperidine rings is 1. The highest BCUT2D eigenvalue weighted by Gasteiger charge is 2.27. The van der Waals surface area contributed by atoms with E-state index in [1.165, 1.54) is 6.20 Å². The fraction of sp³-hybridized carbons (Fsp3) is 0.400. The molecule has 0 saturated carbocycles. The number of hydrogen-bond acceptors (Lipinski definition) is 7. The Hall–Kier alpha value is -4.21. The fourth-order valence-electron chi connectivity index (χ4n) is 4.54. The van der Waals surface area contributed by atoms with Crippen molar-refractivity contribution in [2.75, 3.05) is 36.6 Å². The molecule has 40 heavy (non-hydrogen) atoms. The number of hydrogen-bond donors (Lipinski definition) is 2. The van der Waals surface area contributed by atoms with E-state index in [1.54, 1.807) is 26.1 Å². The molecule has 1 atom stereocenters. The number of alkyl halides is 1. The van der Waals surface area contributed by atoms with Crippen LogP contribution in [-0.2, 0) is 22.4 Å². The van der Waals surface area contributed by atoms with Crippen molar-refractivity contribution in [3.8, 4) is 11.5 Å². The van der Waals surface area contributed by atoms with E-state index in [-0.39, 0.29) is 25.0 Å². The van der Waals surface area contributed by atoms with Crippen LogP contribution in [0.15, 0.2) is 60.9 Å². The number of carboxylic acid groups (broad SMARTS) is 1. The molecule has 1 unspecified atom stereocenters. The largest absolute Gasteiger partial charge is 0.487 e. The SMILES string of the molecule is CC(C)(Cc1ccc(CC(=O)Nc2cncc(N3CCCC(Oc4ccccc4OCCF)C3)n2)cc1)C(=O)O. The van der Waals surface area contributed by atoms with Crippen LogP contribution in [0.1, 0.15) is 37.8 Å². The second kappa shape index (κ2) is 13.2. The van der Waals surface area contributed by atoms with Gasteiger partial charge < -0.3 is 24.8 Å². The van der Waals surface area contributed by atoms with Crippen molar-refractivity contribution in [1.82, 2.24) is 9.97 Å². The zero-order chi connectivity index (χ0) is 28.5. The Bertz CT molecular complexity index is 1300. The van der Waals surface area contributed by atoms with Crippen LogP contribution >= 0.6 is 0 Å². The molecule has 212 valence electrons. The summed E-state index contributed by atoms with van der Waals surface area (Å²) in [6.07, 6.45) is 5.34. The third-order valence-electron chi connectivity index (χ3n) is 6.68. The summed E-state index contributed by atoms with van der Waals surface area (Å²) in [7, 11) is 0. The number of rotatable bonds is 12. The Morgan fingerprint density at radius 3 is 2.55 bits per heavy atom. The first-order valence-corrected chi connectivity index (χ1v) is 13.4. The molecule has 4 rings (SSSR count). The van der Waals surface area contributed by atoms with E-state index in [0.29, 0.717) is 36.1 Å². The predicted octanol–water partition coefficient (Wildman–Crippen LogP) is 4.71. The monoisotopic (exact) mass is 550 g/mol. The van der Waals surface area contributed by atoms with Crippen LogP contribution in [0.4, 0.5) is 16.0 Å². The van der Waals surface area contributed by atoms with E-state index >= 15 is 0 Å². The van der Waals surface area contributed by atoms with Crippen molar-refractivity contribution < 1.29 is 28.6 Å². The van der Waals surface area contributed by atoms with Crippen LogP contribution < -0.4 is 19.7 Å². The molecule has 1 aliphatic heterocycles. The fourth-order valence-corrected chi connectivity index (χ4v) is 4.54. The van der Waals surface area contributed by atoms with Crippen LogP contribution in [0.25, 0.3) is 0 Å². The maximum absolute atomic E-state index is 12.7. The normalized spacial score (nSPS) is 15.4. The summed E-state index contributed by atoms with van der Waals surface area (Å²) in [6, 6.07) is 14.6. The summed E-state index contributed by atoms with van der Waals surface area (Å²) in [5.41, 5.74) is 0.845. The smallest absolute Gasteiger partial charge is 0.309 e. The summed E-state index contributed by atoms with van der Waals surface area (Å²) in [5, 5.41) is 12.2. The lowest BCUT2D eigenvalue weighted by molar-refractivity contribution is -0.146. The van der Waals surface area contributed by atoms with Gasteiger partial charge in [0, 0.05) is 6.54 Å². The number of nitrogens with zero attached hydrogens (tertiary/aromatic N) is 3. The molecular formula is C30H35FN4O5. The first kappa shape index (κ1) is 28.8. The van der Waals surface area contributed by atoms with Gasteiger partial charge in [0.1, 0.15) is 25.2 Å². The number of aromatic nitrogens is 2. The number of anilines is 2. The van der Waals surface area contributed by atoms with Crippen molar-refractivity contribution >= 4 is 23.5 Å². The van der Waals surface area contributed by atoms with Gasteiger partial charge in [0.05, 0.1) is 30.8 Å². The first-order chi connectivity index (χ1) is 19.2. The number of halogens is 1. The van der Waals surface area contributed by atoms with Gasteiger partial charge in [-0.1, -0.05) is 36.4 Å². The molecule has 10 heteroatoms. The van der Waals surface area contributed by atoms with Crippen molar-refractivity contribution in [2.24, 2.45) is 5.41 Å². The van der Waals surface area contributed by atoms with E-state index in [4.69, 9.17) is 9.47 Å². The number of para-hydroxylation sites is 2. The molecule has 2 aromatic carbocycles. The number of ether oxygens (including phenoxy) is 2. The van der Waals surface area contributed by atoms with Gasteiger partial charge in [-0.15, -0.1) is 0 Å². The van der Waals surface area contributed by atoms with Gasteiger partial charge in [-0.3, -0.25) is 14.6 Å². The van der Waals surface area contributed by atoms with E-state index in [0.717, 1.165) is 30.5 Å². The van der Waals surface area contributed by atoms with Gasteiger partial charge in [0.2, 0.25) is 5.91 Å². The van der Waals surface area contributed by atoms with Gasteiger partial charge in [-0.25, -0.2) is 9.37 Å². The van der Waals surface area contributed by atoms with Crippen LogP contribution in [0.5, 0.6) is 11.5 Å². The number of carbonyl (C=O) groups is 2. The van der Waals surface area contributed by atoms with Gasteiger partial charge >= 0.3 is 5.97 Å². The zero-order valence-corrected chi connectivity index (χ0v) is 22.8. The van der Waals surface area contributed by atoms with Crippen LogP contribution in [0, 0.1) is 5.41 Å². The second-order valence-electron chi connectivity index (χ2n) is 10.5. The lowest BCUT2D eigenvalue weighted by Gasteiger charge is -2.33. The molecule has 1 aliphatic rings. The molecule has 0 radical (unpaired) electrons. The summed E-state index contributed by atoms with van der Waals surface area (Å²) >= 11 is 0. The Balaban J connectivity index is 1.33. The van der Waals surface area contributed by atoms with Crippen molar-refractivity contribution in [3.05, 3.63) is 72.1 Å². The van der Waals surface area contributed by atoms with Crippen LogP contribution in [0.3, 0.4) is 0 Å². The van der Waals surface area contributed by atoms with Gasteiger partial charge in [-0.2, -0.15) is 0 Å². The summed E-state index contributed by atoms with van der Waals surface area (Å²) < 4.78 is 24.3. The standard InChI is InChI=1S/C30H35FN4O5/c1-30(2,29(37)38)17-22-11-9-21(10-12-22)16-28(36)34-26-18-32-19-27(33-26)35-14-5-6-23(20-35)40-25-8-4-3-7-24(25)39-15-13-31/h3-4,7-12,18-19,23H,5-6,13-17,20H2,1-2H3,(H,37,38)(H,33,34,36). The molecule has 1 amide bonds. The molecule has 9 nitrogen and oxygen atoms in total. The average Bonchev–Trinajstić information content (AvgIpc) is 2.94. The highest BCUT2D eigenvalue weighted by atomic mass is 19.1. The van der Waals surface area contributed by atoms with E-state index in [1.807, 2.05) is 42.5 Å². The number of aliphatic carboxylic acids is 1. The Labute approximate surface area is 233 Å². The van der Waals surface area contributed by atoms with E-state index in [2.05, 4.69) is 20.2 Å². The molecule has 1 saturated heterocycles. The number of amides is 1. The average molecular weight is 551 g/mol. The predicted molar refractivity (Wildman–Crippen MR) is 150 cm³/mol. The van der Waals surface area contributed by atoms with Gasteiger partial charge in [0.25, 0.3) is 0 Å². The van der Waals surface area contributed by atoms with Crippen molar-refractivity contribution in [2.45, 2.75) is 45.6 Å². The highest BCUT2D eigenvalue weighted by molar-refractivity contribution is 5.91. The molecule has 0 bridgehead atoms. The number of benzene rings is 2. The first-order valence-electron chi connectivity index (χ1n) is 13.4. The summed E-state index contributed by atoms with van der Waals surface area (Å²) in [4.78, 5) is 35.0. The van der Waals surface area contributed by atoms with Gasteiger partial charge in [0.15, 0.2) is 17.3 Å². The highest BCUT2D eigenvalue weighted by Crippen LogP contribution is 2.30. The molecule has 2 heterocycles. The second-order valence-corrected chi connectivity index (χ2v) is 10.5. The Morgan fingerprint density at radius 1 is 1.10 bits per heavy atom. The van der Waals surface area contributed by atoms with Crippen LogP contribution in [0.2, 0.25) is 0 Å². The minimum absolute atomic E-state index is 0.0261. The summed E-state index contributed by atoms with van der Waals surface area (Å²) in [5.74, 6) is 1.01. The topological polar surface area (TPSA) is 114 Å². The van der Waals surface area contributed by atoms with Gasteiger partial charge in [-0.05, 0) is 56.4 Å². The Kier molecular flexibility index (Phi) is 9.52. The summed E-state index contributed by atoms with van der Waals surface area (Å²) in [6.45, 7) is 4.13. The lowest BCUT2D eigenvalue weighted by Crippen LogP contribution is -2.41. The minimum Gasteiger partial charge on any atom is -0.487 e. The quantitative estimate of drug-likeness (QED) is 0.333. The molecule has 3 aromatic rings. The maximum Gasteiger partial charge on any atom is 0.309 e. The van der Waals surface area contributed by atoms with E-state index in [9.17, 15) is 19.1 Å².